The van der Waals surface area contributed by atoms with E-state index in [2.05, 4.69) is 41.1 Å². The monoisotopic (exact) mass is 290 g/mol. The van der Waals surface area contributed by atoms with E-state index in [-0.39, 0.29) is 0 Å². The van der Waals surface area contributed by atoms with E-state index in [9.17, 15) is 0 Å². The van der Waals surface area contributed by atoms with Crippen molar-refractivity contribution in [2.75, 3.05) is 25.0 Å². The normalized spacial score (nSPS) is 11.5. The number of aryl methyl sites for hydroxylation is 1. The summed E-state index contributed by atoms with van der Waals surface area (Å²) < 4.78 is 1.81. The Morgan fingerprint density at radius 2 is 2.00 bits per heavy atom. The molecule has 6 heteroatoms. The van der Waals surface area contributed by atoms with Crippen molar-refractivity contribution < 1.29 is 0 Å². The van der Waals surface area contributed by atoms with Crippen LogP contribution in [-0.2, 0) is 13.6 Å². The highest BCUT2D eigenvalue weighted by molar-refractivity contribution is 5.86. The Morgan fingerprint density at radius 3 is 2.67 bits per heavy atom. The van der Waals surface area contributed by atoms with Crippen LogP contribution in [0.5, 0.6) is 0 Å². The fourth-order valence-corrected chi connectivity index (χ4v) is 2.38. The summed E-state index contributed by atoms with van der Waals surface area (Å²) in [6.45, 7) is 10.3. The quantitative estimate of drug-likeness (QED) is 0.809. The van der Waals surface area contributed by atoms with Crippen LogP contribution in [0.3, 0.4) is 0 Å². The van der Waals surface area contributed by atoms with Gasteiger partial charge < -0.3 is 5.32 Å². The van der Waals surface area contributed by atoms with Crippen LogP contribution < -0.4 is 5.32 Å². The maximum Gasteiger partial charge on any atom is 0.163 e. The van der Waals surface area contributed by atoms with Gasteiger partial charge in [-0.25, -0.2) is 9.97 Å². The summed E-state index contributed by atoms with van der Waals surface area (Å²) in [6.07, 6.45) is 4.04. The van der Waals surface area contributed by atoms with Crippen molar-refractivity contribution >= 4 is 16.9 Å². The summed E-state index contributed by atoms with van der Waals surface area (Å²) in [5, 5.41) is 8.69. The molecular weight excluding hydrogens is 264 g/mol. The first-order chi connectivity index (χ1) is 10.2. The summed E-state index contributed by atoms with van der Waals surface area (Å²) in [6, 6.07) is 0. The smallest absolute Gasteiger partial charge is 0.163 e. The van der Waals surface area contributed by atoms with E-state index in [1.807, 2.05) is 17.9 Å². The zero-order chi connectivity index (χ0) is 15.2. The molecule has 0 spiro atoms. The molecule has 0 bridgehead atoms. The van der Waals surface area contributed by atoms with Crippen molar-refractivity contribution in [1.29, 1.82) is 0 Å². The molecule has 2 heterocycles. The largest absolute Gasteiger partial charge is 0.369 e. The van der Waals surface area contributed by atoms with Gasteiger partial charge in [0.1, 0.15) is 11.6 Å². The molecule has 2 aromatic rings. The van der Waals surface area contributed by atoms with Gasteiger partial charge in [0.15, 0.2) is 5.65 Å². The van der Waals surface area contributed by atoms with Gasteiger partial charge in [-0.1, -0.05) is 20.8 Å². The van der Waals surface area contributed by atoms with Crippen LogP contribution in [-0.4, -0.2) is 44.3 Å². The van der Waals surface area contributed by atoms with Gasteiger partial charge in [-0.2, -0.15) is 5.10 Å². The molecule has 6 nitrogen and oxygen atoms in total. The number of nitrogens with one attached hydrogen (secondary N) is 1. The molecule has 0 aliphatic heterocycles. The van der Waals surface area contributed by atoms with Crippen molar-refractivity contribution in [2.45, 2.75) is 40.2 Å². The fraction of sp³-hybridized carbons (Fsp3) is 0.667. The standard InChI is InChI=1S/C15H26N6/c1-5-8-16-14-12-10-17-20(4)15(12)19-13(18-14)11-21(7-3)9-6-2/h10H,5-9,11H2,1-4H3,(H,16,18,19). The first kappa shape index (κ1) is 15.7. The second kappa shape index (κ2) is 7.36. The lowest BCUT2D eigenvalue weighted by Gasteiger charge is -2.19. The Bertz CT molecular complexity index is 577. The van der Waals surface area contributed by atoms with E-state index in [0.717, 1.165) is 61.7 Å². The topological polar surface area (TPSA) is 58.9 Å². The van der Waals surface area contributed by atoms with Gasteiger partial charge in [-0.05, 0) is 25.9 Å². The summed E-state index contributed by atoms with van der Waals surface area (Å²) >= 11 is 0. The van der Waals surface area contributed by atoms with Crippen molar-refractivity contribution in [3.05, 3.63) is 12.0 Å². The first-order valence-electron chi connectivity index (χ1n) is 7.84. The maximum atomic E-state index is 4.70. The second-order valence-corrected chi connectivity index (χ2v) is 5.29. The third-order valence-corrected chi connectivity index (χ3v) is 3.53. The Balaban J connectivity index is 2.32. The summed E-state index contributed by atoms with van der Waals surface area (Å²) in [5.41, 5.74) is 0.895. The van der Waals surface area contributed by atoms with Crippen LogP contribution in [0.15, 0.2) is 6.20 Å². The summed E-state index contributed by atoms with van der Waals surface area (Å²) in [4.78, 5) is 11.7. The van der Waals surface area contributed by atoms with E-state index in [0.29, 0.717) is 0 Å². The highest BCUT2D eigenvalue weighted by atomic mass is 15.3. The third-order valence-electron chi connectivity index (χ3n) is 3.53. The molecule has 0 amide bonds. The zero-order valence-corrected chi connectivity index (χ0v) is 13.6. The number of hydrogen-bond donors (Lipinski definition) is 1. The van der Waals surface area contributed by atoms with Crippen LogP contribution >= 0.6 is 0 Å². The average molecular weight is 290 g/mol. The highest BCUT2D eigenvalue weighted by Gasteiger charge is 2.13. The van der Waals surface area contributed by atoms with Crippen molar-refractivity contribution in [3.63, 3.8) is 0 Å². The molecule has 0 fully saturated rings. The minimum Gasteiger partial charge on any atom is -0.369 e. The molecule has 0 unspecified atom stereocenters. The van der Waals surface area contributed by atoms with Crippen LogP contribution in [0.4, 0.5) is 5.82 Å². The number of hydrogen-bond acceptors (Lipinski definition) is 5. The highest BCUT2D eigenvalue weighted by Crippen LogP contribution is 2.20. The van der Waals surface area contributed by atoms with Crippen molar-refractivity contribution in [1.82, 2.24) is 24.6 Å². The van der Waals surface area contributed by atoms with Crippen LogP contribution in [0.1, 0.15) is 39.4 Å². The molecule has 0 saturated carbocycles. The Labute approximate surface area is 126 Å². The van der Waals surface area contributed by atoms with E-state index in [1.54, 1.807) is 0 Å². The van der Waals surface area contributed by atoms with Gasteiger partial charge in [0.05, 0.1) is 18.1 Å². The van der Waals surface area contributed by atoms with Crippen molar-refractivity contribution in [2.24, 2.45) is 7.05 Å². The molecule has 2 aromatic heterocycles. The Hall–Kier alpha value is -1.69. The van der Waals surface area contributed by atoms with Gasteiger partial charge in [-0.3, -0.25) is 9.58 Å². The van der Waals surface area contributed by atoms with Gasteiger partial charge in [0.2, 0.25) is 0 Å². The SMILES string of the molecule is CCCNc1nc(CN(CC)CCC)nc2c1cnn2C. The van der Waals surface area contributed by atoms with Gasteiger partial charge in [-0.15, -0.1) is 0 Å². The molecule has 2 rings (SSSR count). The minimum absolute atomic E-state index is 0.784. The van der Waals surface area contributed by atoms with Gasteiger partial charge in [0, 0.05) is 13.6 Å². The predicted octanol–water partition coefficient (Wildman–Crippen LogP) is 2.42. The molecular formula is C15H26N6. The molecule has 0 saturated heterocycles. The molecule has 1 N–H and O–H groups in total. The molecule has 116 valence electrons. The number of aromatic nitrogens is 4. The molecule has 0 aromatic carbocycles. The van der Waals surface area contributed by atoms with E-state index >= 15 is 0 Å². The van der Waals surface area contributed by atoms with Crippen molar-refractivity contribution in [3.8, 4) is 0 Å². The number of nitrogens with zero attached hydrogens (tertiary/aromatic N) is 5. The van der Waals surface area contributed by atoms with E-state index < -0.39 is 0 Å². The fourth-order valence-electron chi connectivity index (χ4n) is 2.38. The van der Waals surface area contributed by atoms with Gasteiger partial charge in [0.25, 0.3) is 0 Å². The molecule has 0 radical (unpaired) electrons. The number of anilines is 1. The van der Waals surface area contributed by atoms with Crippen LogP contribution in [0, 0.1) is 0 Å². The lowest BCUT2D eigenvalue weighted by atomic mass is 10.3. The predicted molar refractivity (Wildman–Crippen MR) is 86.3 cm³/mol. The van der Waals surface area contributed by atoms with Crippen LogP contribution in [0.2, 0.25) is 0 Å². The molecule has 21 heavy (non-hydrogen) atoms. The van der Waals surface area contributed by atoms with E-state index in [1.165, 1.54) is 0 Å². The summed E-state index contributed by atoms with van der Waals surface area (Å²) in [5.74, 6) is 1.76. The molecule has 0 aliphatic rings. The second-order valence-electron chi connectivity index (χ2n) is 5.29. The number of rotatable bonds is 8. The van der Waals surface area contributed by atoms with Crippen LogP contribution in [0.25, 0.3) is 11.0 Å². The van der Waals surface area contributed by atoms with E-state index in [4.69, 9.17) is 4.98 Å². The summed E-state index contributed by atoms with van der Waals surface area (Å²) in [7, 11) is 1.92. The third kappa shape index (κ3) is 3.69. The Morgan fingerprint density at radius 1 is 1.19 bits per heavy atom. The Kier molecular flexibility index (Phi) is 5.50. The lowest BCUT2D eigenvalue weighted by Crippen LogP contribution is -2.25. The van der Waals surface area contributed by atoms with Gasteiger partial charge >= 0.3 is 0 Å². The molecule has 0 aliphatic carbocycles. The molecule has 0 atom stereocenters. The lowest BCUT2D eigenvalue weighted by molar-refractivity contribution is 0.274. The average Bonchev–Trinajstić information content (AvgIpc) is 2.86. The maximum absolute atomic E-state index is 4.70. The number of fused-ring (bicyclic) bond motifs is 1. The zero-order valence-electron chi connectivity index (χ0n) is 13.6. The first-order valence-corrected chi connectivity index (χ1v) is 7.84. The minimum atomic E-state index is 0.784.